The molecule has 26 heavy (non-hydrogen) atoms. The van der Waals surface area contributed by atoms with E-state index in [1.165, 1.54) is 16.7 Å². The van der Waals surface area contributed by atoms with Gasteiger partial charge < -0.3 is 4.74 Å². The summed E-state index contributed by atoms with van der Waals surface area (Å²) in [5, 5.41) is 6.19. The summed E-state index contributed by atoms with van der Waals surface area (Å²) in [7, 11) is 0. The number of hydrogen-bond donors (Lipinski definition) is 1. The Morgan fingerprint density at radius 2 is 1.96 bits per heavy atom. The van der Waals surface area contributed by atoms with Gasteiger partial charge in [-0.2, -0.15) is 22.5 Å². The van der Waals surface area contributed by atoms with Crippen LogP contribution < -0.4 is 4.74 Å². The summed E-state index contributed by atoms with van der Waals surface area (Å²) in [6.45, 7) is 1.97. The van der Waals surface area contributed by atoms with Crippen molar-refractivity contribution in [3.8, 4) is 11.7 Å². The molecule has 0 spiro atoms. The average molecular weight is 365 g/mol. The largest absolute Gasteiger partial charge is 0.465 e. The zero-order chi connectivity index (χ0) is 18.5. The zero-order valence-corrected chi connectivity index (χ0v) is 13.3. The minimum absolute atomic E-state index is 0.0356. The molecule has 0 aliphatic carbocycles. The van der Waals surface area contributed by atoms with Gasteiger partial charge in [0, 0.05) is 0 Å². The Labute approximate surface area is 143 Å². The average Bonchev–Trinajstić information content (AvgIpc) is 3.14. The lowest BCUT2D eigenvalue weighted by molar-refractivity contribution is -0.141. The van der Waals surface area contributed by atoms with Crippen LogP contribution in [-0.2, 0) is 6.18 Å². The molecule has 4 aromatic rings. The minimum Gasteiger partial charge on any atom is -0.465 e. The summed E-state index contributed by atoms with van der Waals surface area (Å²) < 4.78 is 59.7. The fourth-order valence-electron chi connectivity index (χ4n) is 2.66. The van der Waals surface area contributed by atoms with Crippen LogP contribution in [0.3, 0.4) is 0 Å². The van der Waals surface area contributed by atoms with Crippen molar-refractivity contribution in [3.63, 3.8) is 0 Å². The second-order valence-corrected chi connectivity index (χ2v) is 5.44. The number of pyridine rings is 1. The third-order valence-corrected chi connectivity index (χ3v) is 3.80. The zero-order valence-electron chi connectivity index (χ0n) is 13.3. The molecular formula is C16H11F4N5O. The van der Waals surface area contributed by atoms with E-state index < -0.39 is 17.8 Å². The highest BCUT2D eigenvalue weighted by Gasteiger charge is 2.33. The molecule has 0 atom stereocenters. The molecule has 6 nitrogen and oxygen atoms in total. The number of ether oxygens (including phenoxy) is 1. The maximum absolute atomic E-state index is 13.8. The number of halogens is 4. The van der Waals surface area contributed by atoms with E-state index in [9.17, 15) is 17.6 Å². The molecule has 0 radical (unpaired) electrons. The normalized spacial score (nSPS) is 12.2. The summed E-state index contributed by atoms with van der Waals surface area (Å²) in [4.78, 5) is 7.88. The number of hydrogen-bond acceptors (Lipinski definition) is 4. The van der Waals surface area contributed by atoms with Gasteiger partial charge in [-0.1, -0.05) is 0 Å². The van der Waals surface area contributed by atoms with Gasteiger partial charge in [-0.05, 0) is 37.3 Å². The van der Waals surface area contributed by atoms with Gasteiger partial charge in [0.1, 0.15) is 11.2 Å². The van der Waals surface area contributed by atoms with E-state index in [0.29, 0.717) is 11.2 Å². The number of alkyl halides is 3. The molecule has 0 saturated carbocycles. The van der Waals surface area contributed by atoms with Gasteiger partial charge in [0.25, 0.3) is 0 Å². The second-order valence-electron chi connectivity index (χ2n) is 5.44. The van der Waals surface area contributed by atoms with Gasteiger partial charge in [0.05, 0.1) is 23.2 Å². The number of aromatic nitrogens is 5. The van der Waals surface area contributed by atoms with Crippen molar-refractivity contribution in [2.24, 2.45) is 0 Å². The fraction of sp³-hybridized carbons (Fsp3) is 0.188. The van der Waals surface area contributed by atoms with Crippen LogP contribution >= 0.6 is 0 Å². The first kappa shape index (κ1) is 16.3. The summed E-state index contributed by atoms with van der Waals surface area (Å²) in [5.74, 6) is -0.715. The fourth-order valence-corrected chi connectivity index (χ4v) is 2.66. The lowest BCUT2D eigenvalue weighted by atomic mass is 10.2. The van der Waals surface area contributed by atoms with Gasteiger partial charge in [0.2, 0.25) is 5.95 Å². The Morgan fingerprint density at radius 1 is 1.15 bits per heavy atom. The number of aromatic amines is 1. The van der Waals surface area contributed by atoms with Crippen LogP contribution in [0.25, 0.3) is 27.8 Å². The number of nitrogens with one attached hydrogen (secondary N) is 1. The minimum atomic E-state index is -4.60. The van der Waals surface area contributed by atoms with E-state index in [-0.39, 0.29) is 29.2 Å². The van der Waals surface area contributed by atoms with Crippen molar-refractivity contribution in [1.82, 2.24) is 24.7 Å². The lowest BCUT2D eigenvalue weighted by Crippen LogP contribution is -2.09. The monoisotopic (exact) mass is 365 g/mol. The number of rotatable bonds is 3. The molecule has 0 fully saturated rings. The van der Waals surface area contributed by atoms with Crippen molar-refractivity contribution in [3.05, 3.63) is 42.0 Å². The predicted octanol–water partition coefficient (Wildman–Crippen LogP) is 3.85. The number of fused-ring (bicyclic) bond motifs is 2. The van der Waals surface area contributed by atoms with Crippen LogP contribution in [0.15, 0.2) is 30.3 Å². The first-order chi connectivity index (χ1) is 12.4. The first-order valence-electron chi connectivity index (χ1n) is 7.62. The molecule has 134 valence electrons. The molecule has 10 heteroatoms. The van der Waals surface area contributed by atoms with Crippen molar-refractivity contribution in [2.75, 3.05) is 6.61 Å². The summed E-state index contributed by atoms with van der Waals surface area (Å²) in [6, 6.07) is 6.74. The Kier molecular flexibility index (Phi) is 3.56. The molecule has 3 aromatic heterocycles. The van der Waals surface area contributed by atoms with E-state index in [1.54, 1.807) is 19.1 Å². The van der Waals surface area contributed by atoms with E-state index in [1.807, 2.05) is 0 Å². The number of benzene rings is 1. The highest BCUT2D eigenvalue weighted by Crippen LogP contribution is 2.32. The van der Waals surface area contributed by atoms with Crippen molar-refractivity contribution in [1.29, 1.82) is 0 Å². The quantitative estimate of drug-likeness (QED) is 0.560. The molecule has 0 amide bonds. The number of H-pyrrole nitrogens is 1. The van der Waals surface area contributed by atoms with E-state index in [2.05, 4.69) is 20.2 Å². The molecule has 4 rings (SSSR count). The SMILES string of the molecule is CCOc1nc2ccc(C(F)(F)F)nc2n1-c1ccc2[nH]nc(F)c2c1. The van der Waals surface area contributed by atoms with Gasteiger partial charge in [0.15, 0.2) is 5.65 Å². The van der Waals surface area contributed by atoms with E-state index in [4.69, 9.17) is 4.74 Å². The van der Waals surface area contributed by atoms with Gasteiger partial charge in [-0.15, -0.1) is 5.10 Å². The van der Waals surface area contributed by atoms with Gasteiger partial charge in [-0.3, -0.25) is 5.10 Å². The molecule has 1 N–H and O–H groups in total. The van der Waals surface area contributed by atoms with Crippen LogP contribution in [-0.4, -0.2) is 31.3 Å². The number of nitrogens with zero attached hydrogens (tertiary/aromatic N) is 4. The third-order valence-electron chi connectivity index (χ3n) is 3.80. The van der Waals surface area contributed by atoms with Crippen molar-refractivity contribution >= 4 is 22.1 Å². The molecule has 0 bridgehead atoms. The van der Waals surface area contributed by atoms with Crippen LogP contribution in [0.1, 0.15) is 12.6 Å². The lowest BCUT2D eigenvalue weighted by Gasteiger charge is -2.10. The van der Waals surface area contributed by atoms with Crippen LogP contribution in [0.5, 0.6) is 6.01 Å². The summed E-state index contributed by atoms with van der Waals surface area (Å²) in [5.41, 5.74) is -0.0429. The van der Waals surface area contributed by atoms with Crippen molar-refractivity contribution < 1.29 is 22.3 Å². The molecular weight excluding hydrogens is 354 g/mol. The highest BCUT2D eigenvalue weighted by molar-refractivity contribution is 5.83. The molecule has 0 unspecified atom stereocenters. The maximum atomic E-state index is 13.8. The number of imidazole rings is 1. The van der Waals surface area contributed by atoms with Gasteiger partial charge >= 0.3 is 12.2 Å². The molecule has 0 saturated heterocycles. The second kappa shape index (κ2) is 5.68. The third kappa shape index (κ3) is 2.54. The Bertz CT molecular complexity index is 1120. The molecule has 0 aliphatic heterocycles. The van der Waals surface area contributed by atoms with Crippen molar-refractivity contribution in [2.45, 2.75) is 13.1 Å². The van der Waals surface area contributed by atoms with Crippen LogP contribution in [0, 0.1) is 5.95 Å². The standard InChI is InChI=1S/C16H11F4N5O/c1-2-26-15-21-11-5-6-12(16(18,19)20)22-14(11)25(15)8-3-4-10-9(7-8)13(17)24-23-10/h3-7H,2H2,1H3,(H,23,24). The molecule has 3 heterocycles. The Hall–Kier alpha value is -3.17. The first-order valence-corrected chi connectivity index (χ1v) is 7.62. The van der Waals surface area contributed by atoms with E-state index >= 15 is 0 Å². The topological polar surface area (TPSA) is 68.6 Å². The Balaban J connectivity index is 2.00. The highest BCUT2D eigenvalue weighted by atomic mass is 19.4. The summed E-state index contributed by atoms with van der Waals surface area (Å²) in [6.07, 6.45) is -4.60. The van der Waals surface area contributed by atoms with Gasteiger partial charge in [-0.25, -0.2) is 9.55 Å². The maximum Gasteiger partial charge on any atom is 0.433 e. The smallest absolute Gasteiger partial charge is 0.433 e. The molecule has 1 aromatic carbocycles. The predicted molar refractivity (Wildman–Crippen MR) is 84.6 cm³/mol. The Morgan fingerprint density at radius 3 is 2.69 bits per heavy atom. The van der Waals surface area contributed by atoms with E-state index in [0.717, 1.165) is 6.07 Å². The summed E-state index contributed by atoms with van der Waals surface area (Å²) >= 11 is 0. The molecule has 0 aliphatic rings. The van der Waals surface area contributed by atoms with Crippen LogP contribution in [0.2, 0.25) is 0 Å². The van der Waals surface area contributed by atoms with Crippen LogP contribution in [0.4, 0.5) is 17.6 Å².